The molecule has 0 amide bonds. The molecule has 1 nitrogen and oxygen atoms in total. The quantitative estimate of drug-likeness (QED) is 0.759. The first-order valence-corrected chi connectivity index (χ1v) is 5.62. The molecule has 0 heterocycles. The van der Waals surface area contributed by atoms with Crippen LogP contribution in [0.5, 0.6) is 0 Å². The molecular weight excluding hydrogens is 290 g/mol. The first-order valence-electron chi connectivity index (χ1n) is 4.83. The number of hydrogen-bond acceptors (Lipinski definition) is 1. The molecule has 0 fully saturated rings. The molecule has 0 N–H and O–H groups in total. The summed E-state index contributed by atoms with van der Waals surface area (Å²) in [5.74, 6) is -1.17. The van der Waals surface area contributed by atoms with Crippen molar-refractivity contribution in [2.24, 2.45) is 0 Å². The fourth-order valence-corrected chi connectivity index (χ4v) is 2.19. The SMILES string of the molecule is O=Cc1c(F)cccc1-c1c(F)cccc1Br. The molecular formula is C13H7BrF2O. The Hall–Kier alpha value is -1.55. The van der Waals surface area contributed by atoms with Crippen LogP contribution < -0.4 is 0 Å². The Balaban J connectivity index is 2.77. The highest BCUT2D eigenvalue weighted by Gasteiger charge is 2.15. The molecule has 2 aromatic rings. The summed E-state index contributed by atoms with van der Waals surface area (Å²) in [6.45, 7) is 0. The fourth-order valence-electron chi connectivity index (χ4n) is 1.63. The average Bonchev–Trinajstić information content (AvgIpc) is 2.29. The van der Waals surface area contributed by atoms with Gasteiger partial charge in [-0.05, 0) is 23.8 Å². The number of rotatable bonds is 2. The van der Waals surface area contributed by atoms with Crippen molar-refractivity contribution in [3.05, 3.63) is 58.1 Å². The molecule has 0 saturated heterocycles. The lowest BCUT2D eigenvalue weighted by Gasteiger charge is -2.09. The number of hydrogen-bond donors (Lipinski definition) is 0. The summed E-state index contributed by atoms with van der Waals surface area (Å²) < 4.78 is 27.6. The smallest absolute Gasteiger partial charge is 0.153 e. The Morgan fingerprint density at radius 1 is 1.00 bits per heavy atom. The second kappa shape index (κ2) is 4.75. The van der Waals surface area contributed by atoms with Gasteiger partial charge in [0.1, 0.15) is 11.6 Å². The third-order valence-electron chi connectivity index (χ3n) is 2.40. The highest BCUT2D eigenvalue weighted by atomic mass is 79.9. The van der Waals surface area contributed by atoms with Crippen LogP contribution in [0, 0.1) is 11.6 Å². The van der Waals surface area contributed by atoms with Gasteiger partial charge in [-0.25, -0.2) is 8.78 Å². The van der Waals surface area contributed by atoms with E-state index < -0.39 is 11.6 Å². The Labute approximate surface area is 105 Å². The van der Waals surface area contributed by atoms with Gasteiger partial charge in [-0.3, -0.25) is 4.79 Å². The maximum atomic E-state index is 13.7. The fraction of sp³-hybridized carbons (Fsp3) is 0. The predicted molar refractivity (Wildman–Crippen MR) is 64.9 cm³/mol. The van der Waals surface area contributed by atoms with Crippen LogP contribution in [0.1, 0.15) is 10.4 Å². The molecule has 0 radical (unpaired) electrons. The van der Waals surface area contributed by atoms with Crippen LogP contribution in [0.2, 0.25) is 0 Å². The molecule has 0 atom stereocenters. The van der Waals surface area contributed by atoms with Crippen molar-refractivity contribution in [3.8, 4) is 11.1 Å². The summed E-state index contributed by atoms with van der Waals surface area (Å²) >= 11 is 3.19. The molecule has 0 aliphatic heterocycles. The van der Waals surface area contributed by atoms with E-state index in [1.54, 1.807) is 6.07 Å². The number of carbonyl (C=O) groups is 1. The van der Waals surface area contributed by atoms with Crippen molar-refractivity contribution in [1.29, 1.82) is 0 Å². The van der Waals surface area contributed by atoms with E-state index in [0.717, 1.165) is 0 Å². The van der Waals surface area contributed by atoms with Gasteiger partial charge in [0.25, 0.3) is 0 Å². The Morgan fingerprint density at radius 2 is 1.65 bits per heavy atom. The number of carbonyl (C=O) groups excluding carboxylic acids is 1. The lowest BCUT2D eigenvalue weighted by atomic mass is 9.99. The van der Waals surface area contributed by atoms with Crippen molar-refractivity contribution in [1.82, 2.24) is 0 Å². The van der Waals surface area contributed by atoms with E-state index in [1.807, 2.05) is 0 Å². The Kier molecular flexibility index (Phi) is 3.33. The molecule has 0 aromatic heterocycles. The van der Waals surface area contributed by atoms with Crippen LogP contribution in [-0.2, 0) is 0 Å². The summed E-state index contributed by atoms with van der Waals surface area (Å²) in [5, 5.41) is 0. The third kappa shape index (κ3) is 2.13. The van der Waals surface area contributed by atoms with Gasteiger partial charge in [0, 0.05) is 10.0 Å². The standard InChI is InChI=1S/C13H7BrF2O/c14-10-4-2-6-12(16)13(10)8-3-1-5-11(15)9(8)7-17/h1-7H. The van der Waals surface area contributed by atoms with E-state index in [4.69, 9.17) is 0 Å². The van der Waals surface area contributed by atoms with Gasteiger partial charge in [-0.15, -0.1) is 0 Å². The van der Waals surface area contributed by atoms with Crippen molar-refractivity contribution in [2.75, 3.05) is 0 Å². The van der Waals surface area contributed by atoms with Crippen molar-refractivity contribution >= 4 is 22.2 Å². The van der Waals surface area contributed by atoms with Crippen molar-refractivity contribution in [2.45, 2.75) is 0 Å². The van der Waals surface area contributed by atoms with Gasteiger partial charge >= 0.3 is 0 Å². The van der Waals surface area contributed by atoms with Crippen molar-refractivity contribution in [3.63, 3.8) is 0 Å². The second-order valence-corrected chi connectivity index (χ2v) is 4.27. The van der Waals surface area contributed by atoms with Crippen LogP contribution in [0.25, 0.3) is 11.1 Å². The minimum absolute atomic E-state index is 0.140. The Morgan fingerprint density at radius 3 is 2.29 bits per heavy atom. The van der Waals surface area contributed by atoms with E-state index in [1.165, 1.54) is 30.3 Å². The van der Waals surface area contributed by atoms with E-state index in [2.05, 4.69) is 15.9 Å². The molecule has 0 spiro atoms. The minimum atomic E-state index is -0.660. The molecule has 0 aliphatic carbocycles. The molecule has 0 aliphatic rings. The highest BCUT2D eigenvalue weighted by molar-refractivity contribution is 9.10. The summed E-state index contributed by atoms with van der Waals surface area (Å²) in [4.78, 5) is 10.9. The normalized spacial score (nSPS) is 10.3. The molecule has 17 heavy (non-hydrogen) atoms. The molecule has 0 saturated carbocycles. The van der Waals surface area contributed by atoms with Crippen LogP contribution in [0.15, 0.2) is 40.9 Å². The van der Waals surface area contributed by atoms with E-state index in [-0.39, 0.29) is 16.7 Å². The maximum absolute atomic E-state index is 13.7. The molecule has 86 valence electrons. The molecule has 2 rings (SSSR count). The summed E-state index contributed by atoms with van der Waals surface area (Å²) in [5.41, 5.74) is 0.289. The zero-order valence-corrected chi connectivity index (χ0v) is 10.2. The van der Waals surface area contributed by atoms with E-state index >= 15 is 0 Å². The average molecular weight is 297 g/mol. The van der Waals surface area contributed by atoms with Crippen LogP contribution in [-0.4, -0.2) is 6.29 Å². The zero-order valence-electron chi connectivity index (χ0n) is 8.58. The van der Waals surface area contributed by atoms with Gasteiger partial charge in [-0.2, -0.15) is 0 Å². The van der Waals surface area contributed by atoms with Crippen LogP contribution >= 0.6 is 15.9 Å². The number of aldehydes is 1. The number of halogens is 3. The first kappa shape index (κ1) is 11.9. The molecule has 0 unspecified atom stereocenters. The van der Waals surface area contributed by atoms with Crippen LogP contribution in [0.3, 0.4) is 0 Å². The summed E-state index contributed by atoms with van der Waals surface area (Å²) in [6.07, 6.45) is 0.392. The van der Waals surface area contributed by atoms with Gasteiger partial charge in [0.2, 0.25) is 0 Å². The lowest BCUT2D eigenvalue weighted by molar-refractivity contribution is 0.112. The zero-order chi connectivity index (χ0) is 12.4. The van der Waals surface area contributed by atoms with Gasteiger partial charge < -0.3 is 0 Å². The van der Waals surface area contributed by atoms with Gasteiger partial charge in [-0.1, -0.05) is 34.1 Å². The largest absolute Gasteiger partial charge is 0.298 e. The monoisotopic (exact) mass is 296 g/mol. The minimum Gasteiger partial charge on any atom is -0.298 e. The van der Waals surface area contributed by atoms with E-state index in [9.17, 15) is 13.6 Å². The van der Waals surface area contributed by atoms with E-state index in [0.29, 0.717) is 10.8 Å². The van der Waals surface area contributed by atoms with Gasteiger partial charge in [0.05, 0.1) is 5.56 Å². The predicted octanol–water partition coefficient (Wildman–Crippen LogP) is 4.21. The van der Waals surface area contributed by atoms with Crippen LogP contribution in [0.4, 0.5) is 8.78 Å². The number of benzene rings is 2. The topological polar surface area (TPSA) is 17.1 Å². The van der Waals surface area contributed by atoms with Crippen molar-refractivity contribution < 1.29 is 13.6 Å². The summed E-state index contributed by atoms with van der Waals surface area (Å²) in [7, 11) is 0. The summed E-state index contributed by atoms with van der Waals surface area (Å²) in [6, 6.07) is 8.55. The highest BCUT2D eigenvalue weighted by Crippen LogP contribution is 2.33. The molecule has 4 heteroatoms. The molecule has 2 aromatic carbocycles. The third-order valence-corrected chi connectivity index (χ3v) is 3.06. The van der Waals surface area contributed by atoms with Gasteiger partial charge in [0.15, 0.2) is 6.29 Å². The first-order chi connectivity index (χ1) is 8.15. The lowest BCUT2D eigenvalue weighted by Crippen LogP contribution is -1.95. The molecule has 0 bridgehead atoms. The maximum Gasteiger partial charge on any atom is 0.153 e. The second-order valence-electron chi connectivity index (χ2n) is 3.42. The Bertz CT molecular complexity index is 561.